The Kier molecular flexibility index (Phi) is 4.96. The summed E-state index contributed by atoms with van der Waals surface area (Å²) in [5, 5.41) is 3.64. The Morgan fingerprint density at radius 3 is 2.62 bits per heavy atom. The zero-order chi connectivity index (χ0) is 20.0. The minimum absolute atomic E-state index is 0.0352. The highest BCUT2D eigenvalue weighted by Gasteiger charge is 2.33. The second-order valence-electron chi connectivity index (χ2n) is 8.19. The van der Waals surface area contributed by atoms with Crippen molar-refractivity contribution < 1.29 is 13.2 Å². The van der Waals surface area contributed by atoms with Gasteiger partial charge >= 0.3 is 0 Å². The van der Waals surface area contributed by atoms with Crippen molar-refractivity contribution in [1.82, 2.24) is 9.29 Å². The van der Waals surface area contributed by atoms with E-state index < -0.39 is 10.0 Å². The van der Waals surface area contributed by atoms with Gasteiger partial charge in [0, 0.05) is 23.9 Å². The van der Waals surface area contributed by atoms with Gasteiger partial charge in [-0.05, 0) is 74.6 Å². The van der Waals surface area contributed by atoms with Crippen LogP contribution in [0.4, 0.5) is 5.13 Å². The second kappa shape index (κ2) is 7.49. The highest BCUT2D eigenvalue weighted by atomic mass is 32.2. The molecular formula is C21H25N3O3S2. The lowest BCUT2D eigenvalue weighted by molar-refractivity contribution is -0.120. The summed E-state index contributed by atoms with van der Waals surface area (Å²) < 4.78 is 27.6. The zero-order valence-corrected chi connectivity index (χ0v) is 17.9. The molecule has 1 N–H and O–H groups in total. The van der Waals surface area contributed by atoms with Gasteiger partial charge in [0.1, 0.15) is 0 Å². The third-order valence-electron chi connectivity index (χ3n) is 6.36. The van der Waals surface area contributed by atoms with E-state index in [2.05, 4.69) is 10.3 Å². The van der Waals surface area contributed by atoms with Crippen LogP contribution in [-0.2, 0) is 40.5 Å². The number of carbonyl (C=O) groups excluding carboxylic acids is 1. The van der Waals surface area contributed by atoms with E-state index in [0.717, 1.165) is 49.8 Å². The Hall–Kier alpha value is -1.77. The van der Waals surface area contributed by atoms with E-state index in [1.165, 1.54) is 14.7 Å². The molecule has 1 fully saturated rings. The first-order chi connectivity index (χ1) is 14.0. The number of rotatable bonds is 4. The van der Waals surface area contributed by atoms with Crippen LogP contribution in [0.3, 0.4) is 0 Å². The van der Waals surface area contributed by atoms with Gasteiger partial charge in [-0.3, -0.25) is 4.79 Å². The summed E-state index contributed by atoms with van der Waals surface area (Å²) in [5.74, 6) is -0.202. The lowest BCUT2D eigenvalue weighted by Crippen LogP contribution is -2.41. The number of benzene rings is 1. The van der Waals surface area contributed by atoms with Crippen LogP contribution in [-0.4, -0.2) is 36.7 Å². The molecule has 1 aromatic carbocycles. The van der Waals surface area contributed by atoms with E-state index in [1.807, 2.05) is 12.1 Å². The molecule has 29 heavy (non-hydrogen) atoms. The molecule has 3 aliphatic rings. The molecule has 0 saturated carbocycles. The maximum absolute atomic E-state index is 13.1. The highest BCUT2D eigenvalue weighted by Crippen LogP contribution is 2.32. The van der Waals surface area contributed by atoms with Crippen molar-refractivity contribution in [3.63, 3.8) is 0 Å². The Labute approximate surface area is 175 Å². The van der Waals surface area contributed by atoms with Crippen LogP contribution >= 0.6 is 11.3 Å². The average Bonchev–Trinajstić information content (AvgIpc) is 3.43. The molecule has 6 nitrogen and oxygen atoms in total. The summed E-state index contributed by atoms with van der Waals surface area (Å²) in [6.45, 7) is 0.762. The van der Waals surface area contributed by atoms with Gasteiger partial charge in [-0.15, -0.1) is 11.3 Å². The number of thiazole rings is 1. The fraction of sp³-hybridized carbons (Fsp3) is 0.524. The highest BCUT2D eigenvalue weighted by molar-refractivity contribution is 7.89. The number of hydrogen-bond acceptors (Lipinski definition) is 5. The van der Waals surface area contributed by atoms with Crippen molar-refractivity contribution in [1.29, 1.82) is 0 Å². The topological polar surface area (TPSA) is 79.4 Å². The van der Waals surface area contributed by atoms with Gasteiger partial charge in [-0.1, -0.05) is 6.07 Å². The molecule has 8 heteroatoms. The van der Waals surface area contributed by atoms with Gasteiger partial charge in [-0.2, -0.15) is 4.31 Å². The SMILES string of the molecule is O=C(Nc1nc2c(s1)CCC2)C1CCN(S(=O)(=O)c2ccc3c(c2)CCC3)CC1. The van der Waals surface area contributed by atoms with E-state index in [1.54, 1.807) is 17.4 Å². The molecule has 2 aliphatic carbocycles. The summed E-state index contributed by atoms with van der Waals surface area (Å²) in [4.78, 5) is 18.8. The van der Waals surface area contributed by atoms with Gasteiger partial charge in [0.2, 0.25) is 15.9 Å². The minimum Gasteiger partial charge on any atom is -0.302 e. The normalized spacial score (nSPS) is 19.9. The Bertz CT molecular complexity index is 1030. The fourth-order valence-corrected chi connectivity index (χ4v) is 7.24. The molecule has 1 aliphatic heterocycles. The van der Waals surface area contributed by atoms with Crippen LogP contribution in [0, 0.1) is 5.92 Å². The minimum atomic E-state index is -3.50. The van der Waals surface area contributed by atoms with Crippen LogP contribution in [0.5, 0.6) is 0 Å². The molecule has 5 rings (SSSR count). The molecule has 154 valence electrons. The van der Waals surface area contributed by atoms with E-state index in [9.17, 15) is 13.2 Å². The molecule has 2 aromatic rings. The van der Waals surface area contributed by atoms with E-state index in [0.29, 0.717) is 36.0 Å². The van der Waals surface area contributed by atoms with Crippen LogP contribution < -0.4 is 5.32 Å². The molecular weight excluding hydrogens is 406 g/mol. The number of carbonyl (C=O) groups is 1. The third-order valence-corrected chi connectivity index (χ3v) is 9.33. The van der Waals surface area contributed by atoms with Gasteiger partial charge in [0.05, 0.1) is 10.6 Å². The number of anilines is 1. The van der Waals surface area contributed by atoms with Crippen molar-refractivity contribution in [2.75, 3.05) is 18.4 Å². The van der Waals surface area contributed by atoms with Crippen molar-refractivity contribution in [3.05, 3.63) is 39.9 Å². The number of sulfonamides is 1. The summed E-state index contributed by atoms with van der Waals surface area (Å²) in [6.07, 6.45) is 7.39. The predicted molar refractivity (Wildman–Crippen MR) is 113 cm³/mol. The summed E-state index contributed by atoms with van der Waals surface area (Å²) in [5.41, 5.74) is 3.56. The average molecular weight is 432 g/mol. The lowest BCUT2D eigenvalue weighted by Gasteiger charge is -2.30. The van der Waals surface area contributed by atoms with Crippen LogP contribution in [0.2, 0.25) is 0 Å². The van der Waals surface area contributed by atoms with Crippen LogP contribution in [0.25, 0.3) is 0 Å². The van der Waals surface area contributed by atoms with Crippen molar-refractivity contribution >= 4 is 32.4 Å². The molecule has 0 bridgehead atoms. The molecule has 1 aromatic heterocycles. The Morgan fingerprint density at radius 1 is 1.07 bits per heavy atom. The van der Waals surface area contributed by atoms with Crippen molar-refractivity contribution in [2.45, 2.75) is 56.3 Å². The number of fused-ring (bicyclic) bond motifs is 2. The molecule has 1 amide bonds. The number of piperidine rings is 1. The molecule has 0 spiro atoms. The smallest absolute Gasteiger partial charge is 0.243 e. The largest absolute Gasteiger partial charge is 0.302 e. The van der Waals surface area contributed by atoms with Crippen molar-refractivity contribution in [3.8, 4) is 0 Å². The van der Waals surface area contributed by atoms with Crippen LogP contribution in [0.15, 0.2) is 23.1 Å². The summed E-state index contributed by atoms with van der Waals surface area (Å²) >= 11 is 1.58. The maximum atomic E-state index is 13.1. The number of aromatic nitrogens is 1. The Balaban J connectivity index is 1.22. The predicted octanol–water partition coefficient (Wildman–Crippen LogP) is 3.16. The van der Waals surface area contributed by atoms with Crippen LogP contribution in [0.1, 0.15) is 47.4 Å². The number of hydrogen-bond donors (Lipinski definition) is 1. The standard InChI is InChI=1S/C21H25N3O3S2/c25-20(23-21-22-18-5-2-6-19(18)28-21)15-9-11-24(12-10-15)29(26,27)17-8-7-14-3-1-4-16(14)13-17/h7-8,13,15H,1-6,9-12H2,(H,22,23,25). The molecule has 0 atom stereocenters. The third kappa shape index (κ3) is 3.62. The van der Waals surface area contributed by atoms with E-state index in [4.69, 9.17) is 0 Å². The zero-order valence-electron chi connectivity index (χ0n) is 16.3. The number of nitrogens with one attached hydrogen (secondary N) is 1. The quantitative estimate of drug-likeness (QED) is 0.807. The van der Waals surface area contributed by atoms with Gasteiger partial charge in [0.15, 0.2) is 5.13 Å². The van der Waals surface area contributed by atoms with Gasteiger partial charge < -0.3 is 5.32 Å². The first-order valence-corrected chi connectivity index (χ1v) is 12.7. The fourth-order valence-electron chi connectivity index (χ4n) is 4.67. The van der Waals surface area contributed by atoms with Crippen molar-refractivity contribution in [2.24, 2.45) is 5.92 Å². The van der Waals surface area contributed by atoms with E-state index in [-0.39, 0.29) is 11.8 Å². The monoisotopic (exact) mass is 431 g/mol. The Morgan fingerprint density at radius 2 is 1.83 bits per heavy atom. The van der Waals surface area contributed by atoms with Gasteiger partial charge in [0.25, 0.3) is 0 Å². The summed E-state index contributed by atoms with van der Waals surface area (Å²) in [6, 6.07) is 5.54. The molecule has 0 radical (unpaired) electrons. The first kappa shape index (κ1) is 19.2. The second-order valence-corrected chi connectivity index (χ2v) is 11.2. The first-order valence-electron chi connectivity index (χ1n) is 10.4. The van der Waals surface area contributed by atoms with Gasteiger partial charge in [-0.25, -0.2) is 13.4 Å². The lowest BCUT2D eigenvalue weighted by atomic mass is 9.97. The maximum Gasteiger partial charge on any atom is 0.243 e. The molecule has 2 heterocycles. The molecule has 1 saturated heterocycles. The number of amides is 1. The number of nitrogens with zero attached hydrogens (tertiary/aromatic N) is 2. The molecule has 0 unspecified atom stereocenters. The summed E-state index contributed by atoms with van der Waals surface area (Å²) in [7, 11) is -3.50. The number of aryl methyl sites for hydroxylation is 4. The van der Waals surface area contributed by atoms with E-state index >= 15 is 0 Å².